The molecule has 1 heterocycles. The van der Waals surface area contributed by atoms with Crippen molar-refractivity contribution in [1.82, 2.24) is 10.2 Å². The third kappa shape index (κ3) is 3.26. The molecule has 20 heavy (non-hydrogen) atoms. The molecular weight excluding hydrogens is 252 g/mol. The summed E-state index contributed by atoms with van der Waals surface area (Å²) in [5, 5.41) is 6.33. The smallest absolute Gasteiger partial charge is 0.356 e. The quantitative estimate of drug-likeness (QED) is 0.868. The van der Waals surface area contributed by atoms with Crippen molar-refractivity contribution in [2.45, 2.75) is 39.2 Å². The molecular formula is C16H20N2O2. The Morgan fingerprint density at radius 2 is 1.85 bits per heavy atom. The molecule has 1 N–H and O–H groups in total. The normalized spacial score (nSPS) is 13.0. The number of aromatic nitrogens is 2. The summed E-state index contributed by atoms with van der Waals surface area (Å²) in [5.41, 5.74) is 2.72. The van der Waals surface area contributed by atoms with Crippen LogP contribution in [0.15, 0.2) is 36.5 Å². The lowest BCUT2D eigenvalue weighted by atomic mass is 9.86. The van der Waals surface area contributed by atoms with Gasteiger partial charge < -0.3 is 4.74 Å². The third-order valence-electron chi connectivity index (χ3n) is 3.25. The van der Waals surface area contributed by atoms with Crippen LogP contribution in [-0.2, 0) is 10.2 Å². The van der Waals surface area contributed by atoms with Gasteiger partial charge in [0, 0.05) is 6.20 Å². The van der Waals surface area contributed by atoms with Gasteiger partial charge >= 0.3 is 5.97 Å². The maximum absolute atomic E-state index is 11.8. The first kappa shape index (κ1) is 14.3. The molecule has 0 fully saturated rings. The second-order valence-corrected chi connectivity index (χ2v) is 5.89. The van der Waals surface area contributed by atoms with E-state index in [9.17, 15) is 4.79 Å². The Kier molecular flexibility index (Phi) is 3.93. The summed E-state index contributed by atoms with van der Waals surface area (Å²) in [6, 6.07) is 9.76. The summed E-state index contributed by atoms with van der Waals surface area (Å²) < 4.78 is 5.40. The van der Waals surface area contributed by atoms with Gasteiger partial charge in [-0.2, -0.15) is 5.10 Å². The number of carbonyl (C=O) groups excluding carboxylic acids is 1. The van der Waals surface area contributed by atoms with Crippen LogP contribution in [0.1, 0.15) is 55.4 Å². The fourth-order valence-corrected chi connectivity index (χ4v) is 1.92. The minimum Gasteiger partial charge on any atom is -0.453 e. The molecule has 0 aliphatic heterocycles. The van der Waals surface area contributed by atoms with Crippen molar-refractivity contribution in [1.29, 1.82) is 0 Å². The van der Waals surface area contributed by atoms with E-state index in [2.05, 4.69) is 43.1 Å². The molecule has 2 rings (SSSR count). The van der Waals surface area contributed by atoms with Crippen LogP contribution in [0.3, 0.4) is 0 Å². The second kappa shape index (κ2) is 5.49. The number of benzene rings is 1. The van der Waals surface area contributed by atoms with Crippen molar-refractivity contribution in [3.05, 3.63) is 53.3 Å². The summed E-state index contributed by atoms with van der Waals surface area (Å²) in [6.45, 7) is 8.37. The average molecular weight is 272 g/mol. The van der Waals surface area contributed by atoms with Crippen molar-refractivity contribution in [2.75, 3.05) is 0 Å². The maximum atomic E-state index is 11.8. The molecule has 2 aromatic rings. The highest BCUT2D eigenvalue weighted by molar-refractivity contribution is 5.87. The van der Waals surface area contributed by atoms with Crippen LogP contribution in [0.25, 0.3) is 0 Å². The van der Waals surface area contributed by atoms with E-state index in [1.807, 2.05) is 19.1 Å². The fraction of sp³-hybridized carbons (Fsp3) is 0.375. The SMILES string of the molecule is C[C@H](OC(=O)c1ccn[nH]1)c1ccc(C(C)(C)C)cc1. The Morgan fingerprint density at radius 3 is 2.35 bits per heavy atom. The Hall–Kier alpha value is -2.10. The summed E-state index contributed by atoms with van der Waals surface area (Å²) in [6.07, 6.45) is 1.24. The number of H-pyrrole nitrogens is 1. The van der Waals surface area contributed by atoms with Crippen LogP contribution < -0.4 is 0 Å². The first-order chi connectivity index (χ1) is 9.38. The van der Waals surface area contributed by atoms with E-state index in [1.54, 1.807) is 6.07 Å². The van der Waals surface area contributed by atoms with Gasteiger partial charge in [-0.3, -0.25) is 5.10 Å². The topological polar surface area (TPSA) is 55.0 Å². The van der Waals surface area contributed by atoms with Crippen LogP contribution in [-0.4, -0.2) is 16.2 Å². The molecule has 1 aromatic carbocycles. The molecule has 0 amide bonds. The van der Waals surface area contributed by atoms with Crippen LogP contribution in [0, 0.1) is 0 Å². The molecule has 0 aliphatic rings. The number of carbonyl (C=O) groups is 1. The molecule has 4 heteroatoms. The number of ether oxygens (including phenoxy) is 1. The van der Waals surface area contributed by atoms with Gasteiger partial charge in [-0.1, -0.05) is 45.0 Å². The predicted molar refractivity (Wildman–Crippen MR) is 77.6 cm³/mol. The minimum atomic E-state index is -0.394. The molecule has 1 atom stereocenters. The third-order valence-corrected chi connectivity index (χ3v) is 3.25. The van der Waals surface area contributed by atoms with Gasteiger partial charge in [0.1, 0.15) is 11.8 Å². The van der Waals surface area contributed by atoms with Gasteiger partial charge in [-0.15, -0.1) is 0 Å². The largest absolute Gasteiger partial charge is 0.453 e. The Morgan fingerprint density at radius 1 is 1.20 bits per heavy atom. The van der Waals surface area contributed by atoms with Crippen molar-refractivity contribution < 1.29 is 9.53 Å². The van der Waals surface area contributed by atoms with Crippen molar-refractivity contribution in [3.63, 3.8) is 0 Å². The average Bonchev–Trinajstić information content (AvgIpc) is 2.91. The Bertz CT molecular complexity index is 566. The van der Waals surface area contributed by atoms with Crippen LogP contribution in [0.5, 0.6) is 0 Å². The first-order valence-electron chi connectivity index (χ1n) is 6.69. The highest BCUT2D eigenvalue weighted by Crippen LogP contribution is 2.25. The number of rotatable bonds is 3. The van der Waals surface area contributed by atoms with E-state index in [0.717, 1.165) is 5.56 Å². The second-order valence-electron chi connectivity index (χ2n) is 5.89. The van der Waals surface area contributed by atoms with Gasteiger partial charge in [0.2, 0.25) is 0 Å². The molecule has 0 spiro atoms. The van der Waals surface area contributed by atoms with E-state index in [-0.39, 0.29) is 11.5 Å². The number of hydrogen-bond acceptors (Lipinski definition) is 3. The summed E-state index contributed by atoms with van der Waals surface area (Å²) in [4.78, 5) is 11.8. The molecule has 0 saturated carbocycles. The van der Waals surface area contributed by atoms with Crippen LogP contribution in [0.2, 0.25) is 0 Å². The lowest BCUT2D eigenvalue weighted by Gasteiger charge is -2.20. The van der Waals surface area contributed by atoms with Gasteiger partial charge in [0.15, 0.2) is 0 Å². The molecule has 0 unspecified atom stereocenters. The lowest BCUT2D eigenvalue weighted by Crippen LogP contribution is -2.12. The standard InChI is InChI=1S/C16H20N2O2/c1-11(20-15(19)14-9-10-17-18-14)12-5-7-13(8-6-12)16(2,3)4/h5-11H,1-4H3,(H,17,18)/t11-/m0/s1. The van der Waals surface area contributed by atoms with Gasteiger partial charge in [-0.05, 0) is 29.5 Å². The molecule has 1 aromatic heterocycles. The predicted octanol–water partition coefficient (Wildman–Crippen LogP) is 3.63. The van der Waals surface area contributed by atoms with Gasteiger partial charge in [-0.25, -0.2) is 4.79 Å². The molecule has 4 nitrogen and oxygen atoms in total. The van der Waals surface area contributed by atoms with Crippen LogP contribution >= 0.6 is 0 Å². The van der Waals surface area contributed by atoms with Crippen LogP contribution in [0.4, 0.5) is 0 Å². The Balaban J connectivity index is 2.06. The number of nitrogens with zero attached hydrogens (tertiary/aromatic N) is 1. The van der Waals surface area contributed by atoms with Crippen molar-refractivity contribution in [2.24, 2.45) is 0 Å². The van der Waals surface area contributed by atoms with E-state index >= 15 is 0 Å². The first-order valence-corrected chi connectivity index (χ1v) is 6.69. The maximum Gasteiger partial charge on any atom is 0.356 e. The molecule has 0 bridgehead atoms. The monoisotopic (exact) mass is 272 g/mol. The van der Waals surface area contributed by atoms with Gasteiger partial charge in [0.25, 0.3) is 0 Å². The number of nitrogens with one attached hydrogen (secondary N) is 1. The highest BCUT2D eigenvalue weighted by Gasteiger charge is 2.17. The highest BCUT2D eigenvalue weighted by atomic mass is 16.5. The van der Waals surface area contributed by atoms with E-state index < -0.39 is 5.97 Å². The molecule has 0 aliphatic carbocycles. The van der Waals surface area contributed by atoms with E-state index in [0.29, 0.717) is 5.69 Å². The molecule has 0 radical (unpaired) electrons. The lowest BCUT2D eigenvalue weighted by molar-refractivity contribution is 0.0330. The minimum absolute atomic E-state index is 0.119. The Labute approximate surface area is 119 Å². The fourth-order valence-electron chi connectivity index (χ4n) is 1.92. The zero-order chi connectivity index (χ0) is 14.8. The zero-order valence-electron chi connectivity index (χ0n) is 12.3. The molecule has 0 saturated heterocycles. The van der Waals surface area contributed by atoms with Crippen molar-refractivity contribution >= 4 is 5.97 Å². The van der Waals surface area contributed by atoms with Gasteiger partial charge in [0.05, 0.1) is 0 Å². The number of aromatic amines is 1. The van der Waals surface area contributed by atoms with Crippen molar-refractivity contribution in [3.8, 4) is 0 Å². The van der Waals surface area contributed by atoms with E-state index in [4.69, 9.17) is 4.74 Å². The van der Waals surface area contributed by atoms with E-state index in [1.165, 1.54) is 11.8 Å². The number of esters is 1. The molecule has 106 valence electrons. The number of hydrogen-bond donors (Lipinski definition) is 1. The summed E-state index contributed by atoms with van der Waals surface area (Å²) >= 11 is 0. The summed E-state index contributed by atoms with van der Waals surface area (Å²) in [7, 11) is 0. The zero-order valence-corrected chi connectivity index (χ0v) is 12.3. The summed E-state index contributed by atoms with van der Waals surface area (Å²) in [5.74, 6) is -0.394.